The van der Waals surface area contributed by atoms with E-state index in [9.17, 15) is 4.79 Å². The van der Waals surface area contributed by atoms with Gasteiger partial charge in [0.2, 0.25) is 0 Å². The van der Waals surface area contributed by atoms with Crippen molar-refractivity contribution in [2.24, 2.45) is 46.3 Å². The van der Waals surface area contributed by atoms with Crippen LogP contribution in [0.15, 0.2) is 0 Å². The van der Waals surface area contributed by atoms with Gasteiger partial charge in [-0.05, 0) is 113 Å². The minimum absolute atomic E-state index is 0.385. The van der Waals surface area contributed by atoms with Crippen molar-refractivity contribution in [3.8, 4) is 0 Å². The summed E-state index contributed by atoms with van der Waals surface area (Å²) < 4.78 is 16.2. The lowest BCUT2D eigenvalue weighted by atomic mass is 9.41. The number of rotatable bonds is 13. The molecule has 2 spiro atoms. The molecule has 5 fully saturated rings. The van der Waals surface area contributed by atoms with E-state index < -0.39 is 17.0 Å². The van der Waals surface area contributed by atoms with E-state index in [0.29, 0.717) is 5.78 Å². The number of Topliss-reactive ketones (excluding diaryl/α,β-unsaturated/α-hetero) is 1. The van der Waals surface area contributed by atoms with Gasteiger partial charge in [0.15, 0.2) is 5.78 Å². The Bertz CT molecular complexity index is 771. The van der Waals surface area contributed by atoms with Crippen molar-refractivity contribution in [2.75, 3.05) is 0 Å². The first kappa shape index (κ1) is 32.0. The molecule has 5 aliphatic carbocycles. The highest BCUT2D eigenvalue weighted by atomic mass is 19.1. The minimum atomic E-state index is -0.841. The van der Waals surface area contributed by atoms with Crippen LogP contribution in [0, 0.1) is 46.3 Å². The zero-order chi connectivity index (χ0) is 28.7. The SMILES string of the molecule is CCCCCCCCCC1CCC(C2CCC3(CC2)C(=O)C2(CCC(C4CCC(CCCC)CC4)CC2)C3F)CC1. The Hall–Kier alpha value is -0.400. The maximum absolute atomic E-state index is 16.2. The summed E-state index contributed by atoms with van der Waals surface area (Å²) in [6.07, 6.45) is 33.9. The van der Waals surface area contributed by atoms with Gasteiger partial charge in [-0.2, -0.15) is 0 Å². The quantitative estimate of drug-likeness (QED) is 0.201. The number of alkyl halides is 1. The summed E-state index contributed by atoms with van der Waals surface area (Å²) in [6.45, 7) is 4.61. The van der Waals surface area contributed by atoms with E-state index in [1.165, 1.54) is 122 Å². The molecule has 0 aromatic carbocycles. The Morgan fingerprint density at radius 2 is 0.878 bits per heavy atom. The Morgan fingerprint density at radius 3 is 1.29 bits per heavy atom. The van der Waals surface area contributed by atoms with Crippen LogP contribution in [0.4, 0.5) is 4.39 Å². The van der Waals surface area contributed by atoms with E-state index >= 15 is 4.39 Å². The fourth-order valence-electron chi connectivity index (χ4n) is 11.2. The van der Waals surface area contributed by atoms with E-state index in [0.717, 1.165) is 86.9 Å². The highest BCUT2D eigenvalue weighted by molar-refractivity contribution is 5.98. The van der Waals surface area contributed by atoms with E-state index in [2.05, 4.69) is 13.8 Å². The lowest BCUT2D eigenvalue weighted by Crippen LogP contribution is -2.69. The summed E-state index contributed by atoms with van der Waals surface area (Å²) in [6, 6.07) is 0. The smallest absolute Gasteiger partial charge is 0.151 e. The lowest BCUT2D eigenvalue weighted by molar-refractivity contribution is -0.194. The fourth-order valence-corrected chi connectivity index (χ4v) is 11.2. The predicted octanol–water partition coefficient (Wildman–Crippen LogP) is 12.2. The normalized spacial score (nSPS) is 41.5. The van der Waals surface area contributed by atoms with Gasteiger partial charge >= 0.3 is 0 Å². The highest BCUT2D eigenvalue weighted by Gasteiger charge is 2.71. The monoisotopic (exact) mass is 571 g/mol. The zero-order valence-corrected chi connectivity index (χ0v) is 27.4. The van der Waals surface area contributed by atoms with Crippen LogP contribution in [-0.2, 0) is 4.79 Å². The summed E-state index contributed by atoms with van der Waals surface area (Å²) in [5.41, 5.74) is -1.15. The second-order valence-electron chi connectivity index (χ2n) is 16.3. The highest BCUT2D eigenvalue weighted by Crippen LogP contribution is 2.66. The average molecular weight is 571 g/mol. The average Bonchev–Trinajstić information content (AvgIpc) is 3.03. The zero-order valence-electron chi connectivity index (χ0n) is 27.4. The molecule has 0 bridgehead atoms. The molecule has 0 saturated heterocycles. The molecule has 236 valence electrons. The van der Waals surface area contributed by atoms with Crippen molar-refractivity contribution in [2.45, 2.75) is 193 Å². The molecule has 5 aliphatic rings. The fraction of sp³-hybridized carbons (Fsp3) is 0.974. The van der Waals surface area contributed by atoms with Crippen LogP contribution < -0.4 is 0 Å². The summed E-state index contributed by atoms with van der Waals surface area (Å²) in [4.78, 5) is 13.8. The largest absolute Gasteiger partial charge is 0.298 e. The maximum atomic E-state index is 16.2. The van der Waals surface area contributed by atoms with Crippen LogP contribution in [-0.4, -0.2) is 12.0 Å². The number of hydrogen-bond acceptors (Lipinski definition) is 1. The predicted molar refractivity (Wildman–Crippen MR) is 172 cm³/mol. The number of ketones is 1. The molecule has 0 aromatic rings. The number of carbonyl (C=O) groups excluding carboxylic acids is 1. The van der Waals surface area contributed by atoms with Crippen molar-refractivity contribution < 1.29 is 9.18 Å². The van der Waals surface area contributed by atoms with Gasteiger partial charge in [-0.15, -0.1) is 0 Å². The van der Waals surface area contributed by atoms with E-state index in [-0.39, 0.29) is 0 Å². The maximum Gasteiger partial charge on any atom is 0.151 e. The number of carbonyl (C=O) groups is 1. The lowest BCUT2D eigenvalue weighted by Gasteiger charge is -2.62. The van der Waals surface area contributed by atoms with E-state index in [1.54, 1.807) is 0 Å². The number of hydrogen-bond donors (Lipinski definition) is 0. The van der Waals surface area contributed by atoms with Crippen LogP contribution in [0.3, 0.4) is 0 Å². The van der Waals surface area contributed by atoms with Gasteiger partial charge in [-0.1, -0.05) is 110 Å². The first-order valence-electron chi connectivity index (χ1n) is 19.2. The van der Waals surface area contributed by atoms with Crippen LogP contribution in [0.1, 0.15) is 187 Å². The minimum Gasteiger partial charge on any atom is -0.298 e. The molecule has 2 heteroatoms. The van der Waals surface area contributed by atoms with Crippen LogP contribution in [0.5, 0.6) is 0 Å². The third-order valence-corrected chi connectivity index (χ3v) is 14.0. The Labute approximate surface area is 254 Å². The molecular formula is C39H67FO. The molecule has 0 radical (unpaired) electrons. The first-order chi connectivity index (χ1) is 20.0. The molecule has 0 aliphatic heterocycles. The van der Waals surface area contributed by atoms with Gasteiger partial charge in [-0.25, -0.2) is 4.39 Å². The second kappa shape index (κ2) is 15.1. The Morgan fingerprint density at radius 1 is 0.512 bits per heavy atom. The van der Waals surface area contributed by atoms with Crippen LogP contribution in [0.25, 0.3) is 0 Å². The Balaban J connectivity index is 0.993. The molecule has 5 saturated carbocycles. The summed E-state index contributed by atoms with van der Waals surface area (Å²) in [7, 11) is 0. The molecule has 1 nitrogen and oxygen atoms in total. The third-order valence-electron chi connectivity index (χ3n) is 14.0. The molecule has 0 N–H and O–H groups in total. The van der Waals surface area contributed by atoms with Gasteiger partial charge in [0, 0.05) is 0 Å². The molecule has 1 unspecified atom stereocenters. The van der Waals surface area contributed by atoms with Crippen LogP contribution >= 0.6 is 0 Å². The molecule has 41 heavy (non-hydrogen) atoms. The van der Waals surface area contributed by atoms with Gasteiger partial charge in [0.1, 0.15) is 6.17 Å². The first-order valence-corrected chi connectivity index (χ1v) is 19.2. The standard InChI is InChI=1S/C39H67FO/c1-3-5-7-8-9-10-11-13-31-16-20-33(21-17-31)35-24-28-39(29-25-35)36(40)38(37(39)41)26-22-34(23-27-38)32-18-14-30(15-19-32)12-6-4-2/h30-36H,3-29H2,1-2H3. The van der Waals surface area contributed by atoms with Crippen molar-refractivity contribution in [1.29, 1.82) is 0 Å². The molecule has 0 heterocycles. The van der Waals surface area contributed by atoms with Gasteiger partial charge in [-0.3, -0.25) is 4.79 Å². The summed E-state index contributed by atoms with van der Waals surface area (Å²) >= 11 is 0. The molecule has 0 amide bonds. The summed E-state index contributed by atoms with van der Waals surface area (Å²) in [5.74, 6) is 5.55. The van der Waals surface area contributed by atoms with Gasteiger partial charge < -0.3 is 0 Å². The molecule has 1 atom stereocenters. The van der Waals surface area contributed by atoms with Crippen molar-refractivity contribution in [3.63, 3.8) is 0 Å². The molecular weight excluding hydrogens is 503 g/mol. The van der Waals surface area contributed by atoms with E-state index in [4.69, 9.17) is 0 Å². The van der Waals surface area contributed by atoms with Crippen molar-refractivity contribution >= 4 is 5.78 Å². The molecule has 5 rings (SSSR count). The topological polar surface area (TPSA) is 17.1 Å². The van der Waals surface area contributed by atoms with Crippen LogP contribution in [0.2, 0.25) is 0 Å². The Kier molecular flexibility index (Phi) is 11.8. The number of unbranched alkanes of at least 4 members (excludes halogenated alkanes) is 7. The third kappa shape index (κ3) is 7.13. The molecule has 0 aromatic heterocycles. The summed E-state index contributed by atoms with van der Waals surface area (Å²) in [5, 5.41) is 0. The van der Waals surface area contributed by atoms with Crippen molar-refractivity contribution in [3.05, 3.63) is 0 Å². The number of halogens is 1. The second-order valence-corrected chi connectivity index (χ2v) is 16.3. The van der Waals surface area contributed by atoms with Gasteiger partial charge in [0.25, 0.3) is 0 Å². The van der Waals surface area contributed by atoms with E-state index in [1.807, 2.05) is 0 Å². The van der Waals surface area contributed by atoms with Gasteiger partial charge in [0.05, 0.1) is 10.8 Å². The van der Waals surface area contributed by atoms with Crippen molar-refractivity contribution in [1.82, 2.24) is 0 Å².